The van der Waals surface area contributed by atoms with Crippen LogP contribution in [0.3, 0.4) is 0 Å². The molecule has 0 radical (unpaired) electrons. The number of pyridine rings is 1. The van der Waals surface area contributed by atoms with Crippen LogP contribution in [0.25, 0.3) is 0 Å². The molecule has 1 aliphatic heterocycles. The summed E-state index contributed by atoms with van der Waals surface area (Å²) < 4.78 is 5.40. The number of piperazine rings is 1. The minimum atomic E-state index is -0.724. The molecule has 0 spiro atoms. The lowest BCUT2D eigenvalue weighted by atomic mass is 10.0. The molecule has 1 amide bonds. The zero-order chi connectivity index (χ0) is 15.5. The summed E-state index contributed by atoms with van der Waals surface area (Å²) in [6, 6.07) is 1.91. The Hall–Kier alpha value is -1.82. The summed E-state index contributed by atoms with van der Waals surface area (Å²) in [5.74, 6) is 0.0647. The minimum Gasteiger partial charge on any atom is -0.396 e. The Bertz CT molecular complexity index is 494. The molecule has 0 aromatic carbocycles. The summed E-state index contributed by atoms with van der Waals surface area (Å²) in [4.78, 5) is 20.6. The number of carbonyl (C=O) groups excluding carboxylic acids is 1. The Labute approximate surface area is 125 Å². The van der Waals surface area contributed by atoms with Crippen LogP contribution in [0.15, 0.2) is 18.5 Å². The van der Waals surface area contributed by atoms with Gasteiger partial charge in [-0.15, -0.1) is 0 Å². The van der Waals surface area contributed by atoms with E-state index < -0.39 is 5.60 Å². The highest BCUT2D eigenvalue weighted by molar-refractivity contribution is 5.85. The lowest BCUT2D eigenvalue weighted by Crippen LogP contribution is -2.55. The zero-order valence-electron chi connectivity index (χ0n) is 13.0. The Morgan fingerprint density at radius 1 is 1.43 bits per heavy atom. The fraction of sp³-hybridized carbons (Fsp3) is 0.600. The van der Waals surface area contributed by atoms with Gasteiger partial charge in [0.2, 0.25) is 0 Å². The number of methoxy groups -OCH3 is 1. The van der Waals surface area contributed by atoms with Crippen molar-refractivity contribution < 1.29 is 9.53 Å². The monoisotopic (exact) mass is 292 g/mol. The van der Waals surface area contributed by atoms with Gasteiger partial charge in [0.25, 0.3) is 5.91 Å². The lowest BCUT2D eigenvalue weighted by molar-refractivity contribution is -0.153. The van der Waals surface area contributed by atoms with E-state index in [2.05, 4.69) is 9.88 Å². The highest BCUT2D eigenvalue weighted by atomic mass is 16.5. The van der Waals surface area contributed by atoms with E-state index in [1.165, 1.54) is 0 Å². The molecule has 1 saturated heterocycles. The quantitative estimate of drug-likeness (QED) is 0.900. The van der Waals surface area contributed by atoms with Crippen molar-refractivity contribution in [3.05, 3.63) is 18.5 Å². The van der Waals surface area contributed by atoms with Gasteiger partial charge in [-0.1, -0.05) is 6.92 Å². The van der Waals surface area contributed by atoms with Crippen molar-refractivity contribution in [1.82, 2.24) is 9.88 Å². The molecule has 1 unspecified atom stereocenters. The first kappa shape index (κ1) is 15.6. The van der Waals surface area contributed by atoms with Crippen molar-refractivity contribution in [3.8, 4) is 0 Å². The maximum atomic E-state index is 12.5. The second kappa shape index (κ2) is 6.30. The van der Waals surface area contributed by atoms with E-state index >= 15 is 0 Å². The molecule has 0 bridgehead atoms. The van der Waals surface area contributed by atoms with Crippen LogP contribution in [0.5, 0.6) is 0 Å². The summed E-state index contributed by atoms with van der Waals surface area (Å²) in [5, 5.41) is 0. The van der Waals surface area contributed by atoms with E-state index in [-0.39, 0.29) is 5.91 Å². The van der Waals surface area contributed by atoms with E-state index in [0.29, 0.717) is 25.2 Å². The Morgan fingerprint density at radius 2 is 2.10 bits per heavy atom. The van der Waals surface area contributed by atoms with Gasteiger partial charge in [0, 0.05) is 39.5 Å². The minimum absolute atomic E-state index is 0.0647. The number of rotatable bonds is 4. The van der Waals surface area contributed by atoms with Gasteiger partial charge >= 0.3 is 0 Å². The van der Waals surface area contributed by atoms with Crippen LogP contribution in [0, 0.1) is 0 Å². The third-order valence-electron chi connectivity index (χ3n) is 4.31. The molecular weight excluding hydrogens is 268 g/mol. The summed E-state index contributed by atoms with van der Waals surface area (Å²) in [6.45, 7) is 6.71. The normalized spacial score (nSPS) is 18.4. The van der Waals surface area contributed by atoms with Gasteiger partial charge in [-0.3, -0.25) is 9.78 Å². The Kier molecular flexibility index (Phi) is 4.67. The summed E-state index contributed by atoms with van der Waals surface area (Å²) >= 11 is 0. The molecule has 0 aliphatic carbocycles. The summed E-state index contributed by atoms with van der Waals surface area (Å²) in [5.41, 5.74) is 6.89. The average molecular weight is 292 g/mol. The number of carbonyl (C=O) groups is 1. The van der Waals surface area contributed by atoms with E-state index in [1.54, 1.807) is 19.5 Å². The molecule has 1 fully saturated rings. The zero-order valence-corrected chi connectivity index (χ0v) is 13.0. The predicted octanol–water partition coefficient (Wildman–Crippen LogP) is 1.13. The number of anilines is 2. The molecule has 6 nitrogen and oxygen atoms in total. The molecule has 2 N–H and O–H groups in total. The first-order valence-corrected chi connectivity index (χ1v) is 7.31. The number of hydrogen-bond donors (Lipinski definition) is 1. The SMILES string of the molecule is CCC(C)(OC)C(=O)N1CCN(c2ccncc2N)CC1. The van der Waals surface area contributed by atoms with Crippen LogP contribution in [-0.4, -0.2) is 54.7 Å². The van der Waals surface area contributed by atoms with Gasteiger partial charge in [-0.05, 0) is 19.4 Å². The molecular formula is C15H24N4O2. The molecule has 2 heterocycles. The Balaban J connectivity index is 2.01. The van der Waals surface area contributed by atoms with Gasteiger partial charge in [-0.25, -0.2) is 0 Å². The average Bonchev–Trinajstić information content (AvgIpc) is 2.54. The standard InChI is InChI=1S/C15H24N4O2/c1-4-15(2,21-3)14(20)19-9-7-18(8-10-19)13-5-6-17-11-12(13)16/h5-6,11H,4,7-10,16H2,1-3H3. The lowest BCUT2D eigenvalue weighted by Gasteiger charge is -2.40. The van der Waals surface area contributed by atoms with Gasteiger partial charge in [0.05, 0.1) is 17.6 Å². The predicted molar refractivity (Wildman–Crippen MR) is 83.1 cm³/mol. The Morgan fingerprint density at radius 3 is 2.62 bits per heavy atom. The van der Waals surface area contributed by atoms with Crippen LogP contribution in [0.1, 0.15) is 20.3 Å². The van der Waals surface area contributed by atoms with Crippen LogP contribution < -0.4 is 10.6 Å². The van der Waals surface area contributed by atoms with Crippen LogP contribution in [0.4, 0.5) is 11.4 Å². The molecule has 6 heteroatoms. The second-order valence-corrected chi connectivity index (χ2v) is 5.50. The number of nitrogen functional groups attached to an aromatic ring is 1. The maximum Gasteiger partial charge on any atom is 0.254 e. The number of nitrogens with two attached hydrogens (primary N) is 1. The maximum absolute atomic E-state index is 12.5. The van der Waals surface area contributed by atoms with Gasteiger partial charge in [0.15, 0.2) is 0 Å². The number of nitrogens with zero attached hydrogens (tertiary/aromatic N) is 3. The van der Waals surface area contributed by atoms with Crippen molar-refractivity contribution in [3.63, 3.8) is 0 Å². The third-order valence-corrected chi connectivity index (χ3v) is 4.31. The fourth-order valence-corrected chi connectivity index (χ4v) is 2.56. The molecule has 1 aromatic rings. The van der Waals surface area contributed by atoms with E-state index in [1.807, 2.05) is 24.8 Å². The molecule has 2 rings (SSSR count). The molecule has 116 valence electrons. The number of amides is 1. The van der Waals surface area contributed by atoms with Gasteiger partial charge < -0.3 is 20.3 Å². The summed E-state index contributed by atoms with van der Waals surface area (Å²) in [6.07, 6.45) is 4.06. The topological polar surface area (TPSA) is 71.7 Å². The van der Waals surface area contributed by atoms with E-state index in [9.17, 15) is 4.79 Å². The molecule has 0 saturated carbocycles. The highest BCUT2D eigenvalue weighted by Gasteiger charge is 2.36. The van der Waals surface area contributed by atoms with Crippen molar-refractivity contribution in [2.24, 2.45) is 0 Å². The van der Waals surface area contributed by atoms with Crippen molar-refractivity contribution >= 4 is 17.3 Å². The fourth-order valence-electron chi connectivity index (χ4n) is 2.56. The first-order chi connectivity index (χ1) is 10.0. The molecule has 1 aromatic heterocycles. The van der Waals surface area contributed by atoms with Crippen molar-refractivity contribution in [2.75, 3.05) is 43.9 Å². The van der Waals surface area contributed by atoms with Crippen LogP contribution in [0.2, 0.25) is 0 Å². The number of ether oxygens (including phenoxy) is 1. The summed E-state index contributed by atoms with van der Waals surface area (Å²) in [7, 11) is 1.59. The van der Waals surface area contributed by atoms with Crippen LogP contribution in [-0.2, 0) is 9.53 Å². The second-order valence-electron chi connectivity index (χ2n) is 5.50. The van der Waals surface area contributed by atoms with E-state index in [4.69, 9.17) is 10.5 Å². The molecule has 1 atom stereocenters. The largest absolute Gasteiger partial charge is 0.396 e. The smallest absolute Gasteiger partial charge is 0.254 e. The highest BCUT2D eigenvalue weighted by Crippen LogP contribution is 2.24. The van der Waals surface area contributed by atoms with E-state index in [0.717, 1.165) is 18.8 Å². The van der Waals surface area contributed by atoms with Gasteiger partial charge in [0.1, 0.15) is 5.60 Å². The van der Waals surface area contributed by atoms with Crippen molar-refractivity contribution in [2.45, 2.75) is 25.9 Å². The van der Waals surface area contributed by atoms with Crippen LogP contribution >= 0.6 is 0 Å². The molecule has 21 heavy (non-hydrogen) atoms. The van der Waals surface area contributed by atoms with Gasteiger partial charge in [-0.2, -0.15) is 0 Å². The van der Waals surface area contributed by atoms with Crippen molar-refractivity contribution in [1.29, 1.82) is 0 Å². The third kappa shape index (κ3) is 3.10. The molecule has 1 aliphatic rings. The first-order valence-electron chi connectivity index (χ1n) is 7.31. The number of aromatic nitrogens is 1. The number of hydrogen-bond acceptors (Lipinski definition) is 5.